The zero-order valence-corrected chi connectivity index (χ0v) is 29.1. The van der Waals surface area contributed by atoms with Crippen LogP contribution in [0.3, 0.4) is 0 Å². The third-order valence-electron chi connectivity index (χ3n) is 10.00. The van der Waals surface area contributed by atoms with Crippen LogP contribution >= 0.6 is 0 Å². The third kappa shape index (κ3) is 6.03. The van der Waals surface area contributed by atoms with Gasteiger partial charge in [-0.05, 0) is 124 Å². The van der Waals surface area contributed by atoms with Crippen LogP contribution in [0.2, 0.25) is 0 Å². The summed E-state index contributed by atoms with van der Waals surface area (Å²) in [5.74, 6) is 5.48. The molecule has 6 bridgehead atoms. The third-order valence-corrected chi connectivity index (χ3v) is 10.00. The van der Waals surface area contributed by atoms with E-state index in [0.29, 0.717) is 40.2 Å². The molecule has 0 fully saturated rings. The Hall–Kier alpha value is -4.40. The topological polar surface area (TPSA) is 61.9 Å². The first-order valence-corrected chi connectivity index (χ1v) is 16.9. The number of hydrogen-bond donors (Lipinski definition) is 0. The standard InChI is InChI=1S/C40H46N2O6/c1-24(2)46-39-37(45-7)22-28-15-17-42(4)32-19-26-10-13-33(43-5)35(20-26)47-29-11-8-25(9-12-29)18-31-30-23-36(48-40(39)38(28)32)34(44-6)21-27(30)14-16-41(31)3/h8-13,20-24,31-32H,14-19H2,1-7H3/t31-,32-/m0/s1. The monoisotopic (exact) mass is 650 g/mol. The summed E-state index contributed by atoms with van der Waals surface area (Å²) in [6.07, 6.45) is 3.27. The van der Waals surface area contributed by atoms with Gasteiger partial charge in [-0.1, -0.05) is 18.2 Å². The Morgan fingerprint density at radius 2 is 1.29 bits per heavy atom. The van der Waals surface area contributed by atoms with Gasteiger partial charge in [0.2, 0.25) is 5.75 Å². The minimum absolute atomic E-state index is 0.00826. The number of benzene rings is 4. The summed E-state index contributed by atoms with van der Waals surface area (Å²) < 4.78 is 37.9. The fraction of sp³-hybridized carbons (Fsp3) is 0.400. The van der Waals surface area contributed by atoms with Crippen molar-refractivity contribution in [3.63, 3.8) is 0 Å². The second kappa shape index (κ2) is 13.2. The van der Waals surface area contributed by atoms with Crippen LogP contribution in [0.15, 0.2) is 60.7 Å². The second-order valence-electron chi connectivity index (χ2n) is 13.4. The van der Waals surface area contributed by atoms with Crippen molar-refractivity contribution in [2.45, 2.75) is 57.7 Å². The van der Waals surface area contributed by atoms with E-state index in [-0.39, 0.29) is 18.2 Å². The summed E-state index contributed by atoms with van der Waals surface area (Å²) in [5.41, 5.74) is 7.17. The van der Waals surface area contributed by atoms with Gasteiger partial charge in [0, 0.05) is 30.7 Å². The van der Waals surface area contributed by atoms with Crippen molar-refractivity contribution < 1.29 is 28.4 Å². The van der Waals surface area contributed by atoms with Crippen LogP contribution in [-0.2, 0) is 25.7 Å². The average Bonchev–Trinajstić information content (AvgIpc) is 3.08. The molecule has 0 saturated heterocycles. The summed E-state index contributed by atoms with van der Waals surface area (Å²) in [7, 11) is 9.47. The molecule has 0 amide bonds. The van der Waals surface area contributed by atoms with Crippen molar-refractivity contribution in [1.29, 1.82) is 0 Å². The molecule has 0 saturated carbocycles. The van der Waals surface area contributed by atoms with Gasteiger partial charge in [-0.2, -0.15) is 0 Å². The number of ether oxygens (including phenoxy) is 6. The maximum atomic E-state index is 7.14. The fourth-order valence-corrected chi connectivity index (χ4v) is 7.43. The van der Waals surface area contributed by atoms with Gasteiger partial charge in [-0.3, -0.25) is 9.80 Å². The first-order chi connectivity index (χ1) is 23.3. The number of methoxy groups -OCH3 is 3. The van der Waals surface area contributed by atoms with Crippen LogP contribution in [0.4, 0.5) is 0 Å². The summed E-state index contributed by atoms with van der Waals surface area (Å²) in [6, 6.07) is 21.3. The van der Waals surface area contributed by atoms with E-state index in [2.05, 4.69) is 78.5 Å². The van der Waals surface area contributed by atoms with Crippen molar-refractivity contribution in [2.75, 3.05) is 48.5 Å². The van der Waals surface area contributed by atoms with E-state index >= 15 is 0 Å². The lowest BCUT2D eigenvalue weighted by atomic mass is 9.87. The minimum Gasteiger partial charge on any atom is -0.493 e. The lowest BCUT2D eigenvalue weighted by Gasteiger charge is -2.37. The molecule has 4 aliphatic heterocycles. The maximum Gasteiger partial charge on any atom is 0.204 e. The Bertz CT molecular complexity index is 1800. The van der Waals surface area contributed by atoms with Gasteiger partial charge in [-0.25, -0.2) is 0 Å². The lowest BCUT2D eigenvalue weighted by Crippen LogP contribution is -2.34. The maximum absolute atomic E-state index is 7.14. The highest BCUT2D eigenvalue weighted by atomic mass is 16.6. The van der Waals surface area contributed by atoms with Gasteiger partial charge in [-0.15, -0.1) is 0 Å². The second-order valence-corrected chi connectivity index (χ2v) is 13.4. The first kappa shape index (κ1) is 32.2. The number of nitrogens with zero attached hydrogens (tertiary/aromatic N) is 2. The number of rotatable bonds is 5. The molecular weight excluding hydrogens is 604 g/mol. The van der Waals surface area contributed by atoms with Gasteiger partial charge in [0.1, 0.15) is 5.75 Å². The van der Waals surface area contributed by atoms with E-state index in [9.17, 15) is 0 Å². The largest absolute Gasteiger partial charge is 0.493 e. The average molecular weight is 651 g/mol. The molecule has 0 N–H and O–H groups in total. The molecular formula is C40H46N2O6. The number of likely N-dealkylation sites (N-methyl/N-ethyl adjacent to an activating group) is 2. The molecule has 2 atom stereocenters. The van der Waals surface area contributed by atoms with Crippen LogP contribution in [0, 0.1) is 0 Å². The molecule has 4 aliphatic rings. The van der Waals surface area contributed by atoms with E-state index in [1.807, 2.05) is 19.9 Å². The molecule has 8 rings (SSSR count). The van der Waals surface area contributed by atoms with Gasteiger partial charge in [0.15, 0.2) is 34.5 Å². The van der Waals surface area contributed by atoms with Gasteiger partial charge >= 0.3 is 0 Å². The van der Waals surface area contributed by atoms with Crippen molar-refractivity contribution in [3.05, 3.63) is 94.0 Å². The van der Waals surface area contributed by atoms with E-state index in [1.165, 1.54) is 22.3 Å². The Balaban J connectivity index is 1.48. The van der Waals surface area contributed by atoms with Gasteiger partial charge in [0.05, 0.1) is 27.4 Å². The Labute approximate surface area is 284 Å². The SMILES string of the molecule is COc1ccc2cc1Oc1ccc(cc1)C[C@H]1c3cc(c(OC)cc3CCN1C)Oc1c(OC(C)C)c(OC)cc3c1[C@H](C2)N(C)CC3. The molecule has 4 heterocycles. The van der Waals surface area contributed by atoms with Crippen LogP contribution in [0.25, 0.3) is 0 Å². The van der Waals surface area contributed by atoms with Gasteiger partial charge in [0.25, 0.3) is 0 Å². The summed E-state index contributed by atoms with van der Waals surface area (Å²) in [6.45, 7) is 5.91. The van der Waals surface area contributed by atoms with Crippen molar-refractivity contribution >= 4 is 0 Å². The molecule has 252 valence electrons. The highest BCUT2D eigenvalue weighted by molar-refractivity contribution is 5.64. The van der Waals surface area contributed by atoms with Gasteiger partial charge < -0.3 is 28.4 Å². The van der Waals surface area contributed by atoms with E-state index < -0.39 is 0 Å². The molecule has 8 nitrogen and oxygen atoms in total. The molecule has 0 unspecified atom stereocenters. The summed E-state index contributed by atoms with van der Waals surface area (Å²) in [5, 5.41) is 0. The highest BCUT2D eigenvalue weighted by Gasteiger charge is 2.35. The molecule has 4 aromatic rings. The highest BCUT2D eigenvalue weighted by Crippen LogP contribution is 2.52. The zero-order valence-electron chi connectivity index (χ0n) is 29.1. The molecule has 0 aromatic heterocycles. The number of fused-ring (bicyclic) bond motifs is 2. The minimum atomic E-state index is -0.0968. The zero-order chi connectivity index (χ0) is 33.5. The van der Waals surface area contributed by atoms with Crippen molar-refractivity contribution in [1.82, 2.24) is 9.80 Å². The summed E-state index contributed by atoms with van der Waals surface area (Å²) in [4.78, 5) is 4.83. The molecule has 0 aliphatic carbocycles. The Kier molecular flexibility index (Phi) is 8.88. The van der Waals surface area contributed by atoms with Crippen molar-refractivity contribution in [2.24, 2.45) is 0 Å². The molecule has 48 heavy (non-hydrogen) atoms. The predicted molar refractivity (Wildman–Crippen MR) is 187 cm³/mol. The van der Waals surface area contributed by atoms with Crippen LogP contribution < -0.4 is 28.4 Å². The Morgan fingerprint density at radius 3 is 2.00 bits per heavy atom. The fourth-order valence-electron chi connectivity index (χ4n) is 7.43. The molecule has 0 radical (unpaired) electrons. The van der Waals surface area contributed by atoms with E-state index in [0.717, 1.165) is 55.6 Å². The van der Waals surface area contributed by atoms with E-state index in [1.54, 1.807) is 21.3 Å². The molecule has 4 aromatic carbocycles. The van der Waals surface area contributed by atoms with E-state index in [4.69, 9.17) is 28.4 Å². The van der Waals surface area contributed by atoms with Crippen molar-refractivity contribution in [3.8, 4) is 46.0 Å². The van der Waals surface area contributed by atoms with Crippen LogP contribution in [-0.4, -0.2) is 64.4 Å². The quantitative estimate of drug-likeness (QED) is 0.216. The Morgan fingerprint density at radius 1 is 0.667 bits per heavy atom. The van der Waals surface area contributed by atoms with Crippen LogP contribution in [0.1, 0.15) is 59.3 Å². The number of hydrogen-bond acceptors (Lipinski definition) is 8. The molecule has 0 spiro atoms. The first-order valence-electron chi connectivity index (χ1n) is 16.9. The smallest absolute Gasteiger partial charge is 0.204 e. The molecule has 8 heteroatoms. The summed E-state index contributed by atoms with van der Waals surface area (Å²) >= 11 is 0. The normalized spacial score (nSPS) is 19.0. The lowest BCUT2D eigenvalue weighted by molar-refractivity contribution is 0.204. The van der Waals surface area contributed by atoms with Crippen LogP contribution in [0.5, 0.6) is 46.0 Å². The predicted octanol–water partition coefficient (Wildman–Crippen LogP) is 7.94.